The lowest BCUT2D eigenvalue weighted by Crippen LogP contribution is -2.57. The Labute approximate surface area is 335 Å². The molecule has 0 bridgehead atoms. The number of aryl methyl sites for hydroxylation is 1. The van der Waals surface area contributed by atoms with E-state index in [4.69, 9.17) is 15.9 Å². The van der Waals surface area contributed by atoms with Crippen molar-refractivity contribution in [3.05, 3.63) is 21.7 Å². The molecule has 9 atom stereocenters. The van der Waals surface area contributed by atoms with Crippen molar-refractivity contribution in [3.8, 4) is 0 Å². The van der Waals surface area contributed by atoms with Crippen molar-refractivity contribution in [1.29, 1.82) is 0 Å². The molecule has 1 saturated heterocycles. The molecular weight excluding hydrogens is 771 g/mol. The van der Waals surface area contributed by atoms with Gasteiger partial charge in [-0.1, -0.05) is 27.2 Å². The lowest BCUT2D eigenvalue weighted by Gasteiger charge is -2.41. The highest BCUT2D eigenvalue weighted by Crippen LogP contribution is 2.39. The van der Waals surface area contributed by atoms with Gasteiger partial charge in [-0.2, -0.15) is 11.8 Å². The number of aliphatic hydroxyl groups excluding tert-OH is 3. The summed E-state index contributed by atoms with van der Waals surface area (Å²) in [5.41, 5.74) is 2.82. The SMILES string of the molecule is C/C(=C/c1csc(C)n1)C1CC(O)C(C)(SCC(NC(=O)CCC(N)C(=O)O)C(=O)NCC(=O)O)CCCC(C)C(O)C(C)(O)C(=O)C(C)(C)C(O)CC(=O)N1. The van der Waals surface area contributed by atoms with Crippen LogP contribution >= 0.6 is 23.1 Å². The lowest BCUT2D eigenvalue weighted by atomic mass is 9.70. The summed E-state index contributed by atoms with van der Waals surface area (Å²) in [7, 11) is 0. The second-order valence-corrected chi connectivity index (χ2v) is 18.2. The summed E-state index contributed by atoms with van der Waals surface area (Å²) in [6, 6.07) is -3.48. The van der Waals surface area contributed by atoms with Crippen LogP contribution in [-0.4, -0.2) is 130 Å². The van der Waals surface area contributed by atoms with Crippen molar-refractivity contribution in [1.82, 2.24) is 20.9 Å². The Hall–Kier alpha value is -3.46. The normalized spacial score (nSPS) is 29.4. The molecule has 1 aromatic heterocycles. The van der Waals surface area contributed by atoms with Crippen molar-refractivity contribution in [2.45, 2.75) is 140 Å². The number of nitrogens with zero attached hydrogens (tertiary/aromatic N) is 1. The Morgan fingerprint density at radius 3 is 2.34 bits per heavy atom. The van der Waals surface area contributed by atoms with Gasteiger partial charge in [-0.05, 0) is 70.9 Å². The van der Waals surface area contributed by atoms with E-state index in [1.807, 2.05) is 12.3 Å². The van der Waals surface area contributed by atoms with Crippen LogP contribution < -0.4 is 21.7 Å². The van der Waals surface area contributed by atoms with Crippen LogP contribution in [0.1, 0.15) is 97.2 Å². The number of nitrogens with two attached hydrogens (primary N) is 1. The van der Waals surface area contributed by atoms with Crippen LogP contribution in [0.2, 0.25) is 0 Å². The Balaban J connectivity index is 2.57. The molecule has 9 unspecified atom stereocenters. The summed E-state index contributed by atoms with van der Waals surface area (Å²) in [6.07, 6.45) is -2.96. The molecule has 17 nitrogen and oxygen atoms in total. The van der Waals surface area contributed by atoms with Crippen LogP contribution in [0.25, 0.3) is 6.08 Å². The second kappa shape index (κ2) is 20.8. The van der Waals surface area contributed by atoms with Crippen LogP contribution in [-0.2, 0) is 28.8 Å². The number of carbonyl (C=O) groups excluding carboxylic acids is 4. The average molecular weight is 830 g/mol. The fourth-order valence-electron chi connectivity index (χ4n) is 6.47. The molecule has 2 heterocycles. The standard InChI is InChI=1S/C37H59N5O12S2/c1-19-9-8-12-36(6,56-18-25(32(50)39-16-30(47)48)42-28(45)11-10-23(38)33(51)52)27(44)14-24(20(2)13-22-17-55-21(3)40-22)41-29(46)15-26(43)35(4,5)34(53)37(7,54)31(19)49/h13,17,19,23-27,31,43-44,49,54H,8-12,14-16,18,38H2,1-7H3,(H,39,50)(H,41,46)(H,42,45)(H,47,48)(H,51,52)/b20-13-. The smallest absolute Gasteiger partial charge is 0.322 e. The van der Waals surface area contributed by atoms with E-state index in [9.17, 15) is 49.2 Å². The summed E-state index contributed by atoms with van der Waals surface area (Å²) in [4.78, 5) is 80.1. The molecule has 316 valence electrons. The molecule has 1 aliphatic rings. The summed E-state index contributed by atoms with van der Waals surface area (Å²) in [5.74, 6) is -6.54. The second-order valence-electron chi connectivity index (χ2n) is 15.6. The number of hydrogen-bond acceptors (Lipinski definition) is 14. The van der Waals surface area contributed by atoms with Crippen LogP contribution in [0.3, 0.4) is 0 Å². The van der Waals surface area contributed by atoms with Gasteiger partial charge in [0.05, 0.1) is 46.9 Å². The maximum atomic E-state index is 13.7. The average Bonchev–Trinajstić information content (AvgIpc) is 3.53. The largest absolute Gasteiger partial charge is 0.480 e. The third-order valence-electron chi connectivity index (χ3n) is 10.4. The van der Waals surface area contributed by atoms with Gasteiger partial charge in [0.25, 0.3) is 0 Å². The summed E-state index contributed by atoms with van der Waals surface area (Å²) >= 11 is 2.52. The van der Waals surface area contributed by atoms with Gasteiger partial charge in [0, 0.05) is 22.3 Å². The molecule has 3 amide bonds. The Morgan fingerprint density at radius 2 is 1.77 bits per heavy atom. The molecule has 1 fully saturated rings. The number of amides is 3. The lowest BCUT2D eigenvalue weighted by molar-refractivity contribution is -0.167. The maximum absolute atomic E-state index is 13.7. The first kappa shape index (κ1) is 48.7. The molecule has 0 radical (unpaired) electrons. The molecule has 1 aliphatic heterocycles. The predicted octanol–water partition coefficient (Wildman–Crippen LogP) is 0.738. The number of thiazole rings is 1. The summed E-state index contributed by atoms with van der Waals surface area (Å²) in [6.45, 7) is 10.2. The molecule has 19 heteroatoms. The number of carboxylic acid groups (broad SMARTS) is 2. The first-order valence-electron chi connectivity index (χ1n) is 18.4. The molecule has 0 saturated carbocycles. The zero-order valence-electron chi connectivity index (χ0n) is 33.0. The molecule has 11 N–H and O–H groups in total. The topological polar surface area (TPSA) is 299 Å². The highest BCUT2D eigenvalue weighted by Gasteiger charge is 2.50. The van der Waals surface area contributed by atoms with Crippen molar-refractivity contribution in [2.24, 2.45) is 17.1 Å². The molecule has 0 spiro atoms. The van der Waals surface area contributed by atoms with Gasteiger partial charge < -0.3 is 52.3 Å². The first-order valence-corrected chi connectivity index (χ1v) is 20.3. The van der Waals surface area contributed by atoms with Gasteiger partial charge in [-0.3, -0.25) is 28.8 Å². The quantitative estimate of drug-likeness (QED) is 0.131. The number of hydrogen-bond donors (Lipinski definition) is 10. The number of Topliss-reactive ketones (excluding diaryl/α,β-unsaturated/α-hetero) is 1. The molecule has 0 aromatic carbocycles. The first-order chi connectivity index (χ1) is 25.8. The van der Waals surface area contributed by atoms with Crippen LogP contribution in [0, 0.1) is 18.3 Å². The molecule has 0 aliphatic carbocycles. The Bertz CT molecular complexity index is 1600. The van der Waals surface area contributed by atoms with E-state index < -0.39 is 107 Å². The van der Waals surface area contributed by atoms with Crippen molar-refractivity contribution in [3.63, 3.8) is 0 Å². The minimum absolute atomic E-state index is 0.0681. The van der Waals surface area contributed by atoms with E-state index in [1.165, 1.54) is 32.1 Å². The van der Waals surface area contributed by atoms with Crippen molar-refractivity contribution >= 4 is 64.6 Å². The summed E-state index contributed by atoms with van der Waals surface area (Å²) < 4.78 is -1.14. The van der Waals surface area contributed by atoms with E-state index in [-0.39, 0.29) is 37.9 Å². The number of ketones is 1. The molecule has 2 rings (SSSR count). The number of nitrogens with one attached hydrogen (secondary N) is 3. The van der Waals surface area contributed by atoms with E-state index >= 15 is 0 Å². The number of aliphatic hydroxyl groups is 4. The van der Waals surface area contributed by atoms with Gasteiger partial charge >= 0.3 is 11.9 Å². The van der Waals surface area contributed by atoms with E-state index in [2.05, 4.69) is 20.9 Å². The van der Waals surface area contributed by atoms with Gasteiger partial charge in [0.1, 0.15) is 24.2 Å². The third kappa shape index (κ3) is 13.9. The minimum Gasteiger partial charge on any atom is -0.480 e. The third-order valence-corrected chi connectivity index (χ3v) is 12.8. The molecule has 1 aromatic rings. The maximum Gasteiger partial charge on any atom is 0.322 e. The number of thioether (sulfide) groups is 1. The van der Waals surface area contributed by atoms with Gasteiger partial charge in [-0.25, -0.2) is 4.98 Å². The number of aromatic nitrogens is 1. The van der Waals surface area contributed by atoms with E-state index in [0.717, 1.165) is 16.8 Å². The zero-order valence-corrected chi connectivity index (χ0v) is 34.7. The number of aliphatic carboxylic acids is 2. The predicted molar refractivity (Wildman–Crippen MR) is 210 cm³/mol. The monoisotopic (exact) mass is 829 g/mol. The zero-order chi connectivity index (χ0) is 42.8. The van der Waals surface area contributed by atoms with Gasteiger partial charge in [0.15, 0.2) is 5.78 Å². The molecular formula is C37H59N5O12S2. The molecule has 56 heavy (non-hydrogen) atoms. The van der Waals surface area contributed by atoms with Crippen LogP contribution in [0.5, 0.6) is 0 Å². The summed E-state index contributed by atoms with van der Waals surface area (Å²) in [5, 5.41) is 74.3. The fraction of sp³-hybridized carbons (Fsp3) is 0.703. The van der Waals surface area contributed by atoms with Crippen LogP contribution in [0.4, 0.5) is 0 Å². The Morgan fingerprint density at radius 1 is 1.12 bits per heavy atom. The highest BCUT2D eigenvalue weighted by atomic mass is 32.2. The number of carboxylic acids is 2. The fourth-order valence-corrected chi connectivity index (χ4v) is 8.40. The van der Waals surface area contributed by atoms with E-state index in [0.29, 0.717) is 17.7 Å². The minimum atomic E-state index is -2.30. The van der Waals surface area contributed by atoms with Gasteiger partial charge in [-0.15, -0.1) is 11.3 Å². The number of carbonyl (C=O) groups is 6. The Kier molecular flexibility index (Phi) is 18.1. The highest BCUT2D eigenvalue weighted by molar-refractivity contribution is 8.00. The van der Waals surface area contributed by atoms with Gasteiger partial charge in [0.2, 0.25) is 17.7 Å². The number of rotatable bonds is 13. The van der Waals surface area contributed by atoms with Crippen LogP contribution in [0.15, 0.2) is 11.0 Å². The van der Waals surface area contributed by atoms with Crippen molar-refractivity contribution in [2.75, 3.05) is 12.3 Å². The van der Waals surface area contributed by atoms with Crippen molar-refractivity contribution < 1.29 is 59.4 Å². The van der Waals surface area contributed by atoms with E-state index in [1.54, 1.807) is 26.8 Å².